The number of carbonyl (C=O) groups excluding carboxylic acids is 1. The van der Waals surface area contributed by atoms with Gasteiger partial charge in [-0.3, -0.25) is 4.79 Å². The maximum atomic E-state index is 11.8. The van der Waals surface area contributed by atoms with Crippen molar-refractivity contribution in [3.05, 3.63) is 18.3 Å². The molecule has 0 aliphatic heterocycles. The zero-order valence-electron chi connectivity index (χ0n) is 9.67. The van der Waals surface area contributed by atoms with Crippen molar-refractivity contribution in [1.82, 2.24) is 10.3 Å². The lowest BCUT2D eigenvalue weighted by Crippen LogP contribution is -2.35. The average molecular weight is 257 g/mol. The van der Waals surface area contributed by atoms with E-state index in [1.807, 2.05) is 0 Å². The minimum Gasteiger partial charge on any atom is -0.396 e. The topological polar surface area (TPSA) is 102 Å². The molecular weight excluding hydrogens is 242 g/mol. The normalized spacial score (nSPS) is 11.5. The molecule has 94 valence electrons. The van der Waals surface area contributed by atoms with E-state index in [4.69, 9.17) is 5.73 Å². The molecule has 0 spiro atoms. The molecule has 1 rings (SSSR count). The molecule has 0 saturated carbocycles. The lowest BCUT2D eigenvalue weighted by atomic mass is 10.4. The molecule has 0 fully saturated rings. The molecule has 7 heteroatoms. The number of anilines is 1. The van der Waals surface area contributed by atoms with Crippen molar-refractivity contribution in [3.63, 3.8) is 0 Å². The lowest BCUT2D eigenvalue weighted by molar-refractivity contribution is -0.119. The predicted molar refractivity (Wildman–Crippen MR) is 64.0 cm³/mol. The summed E-state index contributed by atoms with van der Waals surface area (Å²) in [4.78, 5) is 15.1. The van der Waals surface area contributed by atoms with Gasteiger partial charge in [0.05, 0.1) is 5.69 Å². The molecule has 0 atom stereocenters. The molecule has 0 saturated heterocycles. The summed E-state index contributed by atoms with van der Waals surface area (Å²) in [5.74, 6) is -1.21. The molecule has 0 aliphatic rings. The smallest absolute Gasteiger partial charge is 0.235 e. The van der Waals surface area contributed by atoms with Gasteiger partial charge in [-0.2, -0.15) is 0 Å². The van der Waals surface area contributed by atoms with Crippen molar-refractivity contribution in [2.75, 3.05) is 11.5 Å². The number of nitrogens with one attached hydrogen (secondary N) is 1. The maximum absolute atomic E-state index is 11.8. The van der Waals surface area contributed by atoms with E-state index in [0.29, 0.717) is 0 Å². The molecule has 6 nitrogen and oxygen atoms in total. The second-order valence-electron chi connectivity index (χ2n) is 3.88. The highest BCUT2D eigenvalue weighted by atomic mass is 32.2. The molecule has 1 aromatic rings. The largest absolute Gasteiger partial charge is 0.396 e. The van der Waals surface area contributed by atoms with Gasteiger partial charge in [-0.15, -0.1) is 0 Å². The Balaban J connectivity index is 2.91. The Morgan fingerprint density at radius 2 is 2.18 bits per heavy atom. The Morgan fingerprint density at radius 3 is 2.71 bits per heavy atom. The number of nitrogens with zero attached hydrogens (tertiary/aromatic N) is 1. The van der Waals surface area contributed by atoms with Crippen LogP contribution in [0.5, 0.6) is 0 Å². The molecule has 1 amide bonds. The van der Waals surface area contributed by atoms with E-state index in [9.17, 15) is 13.2 Å². The summed E-state index contributed by atoms with van der Waals surface area (Å²) in [5, 5.41) is 2.25. The van der Waals surface area contributed by atoms with Crippen molar-refractivity contribution in [2.45, 2.75) is 24.9 Å². The van der Waals surface area contributed by atoms with Crippen molar-refractivity contribution in [1.29, 1.82) is 0 Å². The number of hydrogen-bond acceptors (Lipinski definition) is 5. The van der Waals surface area contributed by atoms with Crippen molar-refractivity contribution >= 4 is 21.4 Å². The Labute approximate surface area is 100 Å². The van der Waals surface area contributed by atoms with Gasteiger partial charge in [0.15, 0.2) is 5.03 Å². The summed E-state index contributed by atoms with van der Waals surface area (Å²) in [5.41, 5.74) is 5.56. The summed E-state index contributed by atoms with van der Waals surface area (Å²) in [6.45, 7) is 3.50. The SMILES string of the molecule is CC(C)NC(=O)CS(=O)(=O)c1ncccc1N. The number of carbonyl (C=O) groups is 1. The van der Waals surface area contributed by atoms with Crippen LogP contribution in [-0.4, -0.2) is 31.1 Å². The highest BCUT2D eigenvalue weighted by Gasteiger charge is 2.23. The van der Waals surface area contributed by atoms with Crippen LogP contribution in [0.2, 0.25) is 0 Å². The van der Waals surface area contributed by atoms with Gasteiger partial charge in [0.25, 0.3) is 0 Å². The fourth-order valence-electron chi connectivity index (χ4n) is 1.27. The monoisotopic (exact) mass is 257 g/mol. The summed E-state index contributed by atoms with van der Waals surface area (Å²) in [6, 6.07) is 2.85. The number of amides is 1. The molecule has 3 N–H and O–H groups in total. The van der Waals surface area contributed by atoms with E-state index in [0.717, 1.165) is 0 Å². The lowest BCUT2D eigenvalue weighted by Gasteiger charge is -2.09. The van der Waals surface area contributed by atoms with Crippen molar-refractivity contribution in [2.24, 2.45) is 0 Å². The van der Waals surface area contributed by atoms with Crippen LogP contribution in [-0.2, 0) is 14.6 Å². The number of pyridine rings is 1. The second kappa shape index (κ2) is 5.13. The van der Waals surface area contributed by atoms with Crippen LogP contribution in [0.3, 0.4) is 0 Å². The maximum Gasteiger partial charge on any atom is 0.235 e. The van der Waals surface area contributed by atoms with Crippen LogP contribution >= 0.6 is 0 Å². The third-order valence-electron chi connectivity index (χ3n) is 1.87. The standard InChI is InChI=1S/C10H15N3O3S/c1-7(2)13-9(14)6-17(15,16)10-8(11)4-3-5-12-10/h3-5,7H,6,11H2,1-2H3,(H,13,14). The molecule has 1 heterocycles. The molecule has 1 aromatic heterocycles. The number of rotatable bonds is 4. The number of nitrogens with two attached hydrogens (primary N) is 1. The molecule has 17 heavy (non-hydrogen) atoms. The number of aromatic nitrogens is 1. The van der Waals surface area contributed by atoms with Crippen LogP contribution in [0, 0.1) is 0 Å². The van der Waals surface area contributed by atoms with Crippen molar-refractivity contribution in [3.8, 4) is 0 Å². The van der Waals surface area contributed by atoms with Gasteiger partial charge < -0.3 is 11.1 Å². The fourth-order valence-corrected chi connectivity index (χ4v) is 2.48. The summed E-state index contributed by atoms with van der Waals surface area (Å²) < 4.78 is 23.7. The minimum atomic E-state index is -3.78. The van der Waals surface area contributed by atoms with Crippen LogP contribution in [0.15, 0.2) is 23.4 Å². The highest BCUT2D eigenvalue weighted by Crippen LogP contribution is 2.15. The van der Waals surface area contributed by atoms with E-state index in [1.54, 1.807) is 13.8 Å². The summed E-state index contributed by atoms with van der Waals surface area (Å²) in [7, 11) is -3.78. The first-order chi connectivity index (χ1) is 7.83. The fraction of sp³-hybridized carbons (Fsp3) is 0.400. The molecule has 0 unspecified atom stereocenters. The zero-order valence-corrected chi connectivity index (χ0v) is 10.5. The van der Waals surface area contributed by atoms with E-state index < -0.39 is 21.5 Å². The van der Waals surface area contributed by atoms with E-state index >= 15 is 0 Å². The Hall–Kier alpha value is -1.63. The van der Waals surface area contributed by atoms with Gasteiger partial charge in [-0.25, -0.2) is 13.4 Å². The predicted octanol–water partition coefficient (Wildman–Crippen LogP) is -0.0379. The van der Waals surface area contributed by atoms with Crippen LogP contribution in [0.1, 0.15) is 13.8 Å². The molecule has 0 bridgehead atoms. The third kappa shape index (κ3) is 3.70. The quantitative estimate of drug-likeness (QED) is 0.788. The molecule has 0 aliphatic carbocycles. The summed E-state index contributed by atoms with van der Waals surface area (Å²) in [6.07, 6.45) is 1.32. The first-order valence-corrected chi connectivity index (χ1v) is 6.71. The molecule has 0 aromatic carbocycles. The number of sulfone groups is 1. The number of hydrogen-bond donors (Lipinski definition) is 2. The van der Waals surface area contributed by atoms with E-state index in [2.05, 4.69) is 10.3 Å². The van der Waals surface area contributed by atoms with Crippen LogP contribution < -0.4 is 11.1 Å². The summed E-state index contributed by atoms with van der Waals surface area (Å²) >= 11 is 0. The Morgan fingerprint density at radius 1 is 1.53 bits per heavy atom. The van der Waals surface area contributed by atoms with E-state index in [-0.39, 0.29) is 16.8 Å². The number of nitrogen functional groups attached to an aromatic ring is 1. The first kappa shape index (κ1) is 13.4. The van der Waals surface area contributed by atoms with Crippen LogP contribution in [0.25, 0.3) is 0 Å². The van der Waals surface area contributed by atoms with Gasteiger partial charge in [-0.1, -0.05) is 0 Å². The minimum absolute atomic E-state index is 0.0462. The average Bonchev–Trinajstić information content (AvgIpc) is 2.15. The zero-order chi connectivity index (χ0) is 13.1. The van der Waals surface area contributed by atoms with Crippen LogP contribution in [0.4, 0.5) is 5.69 Å². The van der Waals surface area contributed by atoms with Crippen molar-refractivity contribution < 1.29 is 13.2 Å². The van der Waals surface area contributed by atoms with Gasteiger partial charge in [0.2, 0.25) is 15.7 Å². The van der Waals surface area contributed by atoms with Gasteiger partial charge >= 0.3 is 0 Å². The first-order valence-electron chi connectivity index (χ1n) is 5.05. The van der Waals surface area contributed by atoms with Gasteiger partial charge in [0.1, 0.15) is 5.75 Å². The Bertz CT molecular complexity index is 511. The van der Waals surface area contributed by atoms with E-state index in [1.165, 1.54) is 18.3 Å². The second-order valence-corrected chi connectivity index (χ2v) is 5.78. The highest BCUT2D eigenvalue weighted by molar-refractivity contribution is 7.92. The third-order valence-corrected chi connectivity index (χ3v) is 3.44. The molecule has 0 radical (unpaired) electrons. The Kier molecular flexibility index (Phi) is 4.06. The van der Waals surface area contributed by atoms with Gasteiger partial charge in [-0.05, 0) is 26.0 Å². The molecular formula is C10H15N3O3S. The van der Waals surface area contributed by atoms with Gasteiger partial charge in [0, 0.05) is 12.2 Å².